The second-order valence-electron chi connectivity index (χ2n) is 8.91. The molecule has 28 heavy (non-hydrogen) atoms. The summed E-state index contributed by atoms with van der Waals surface area (Å²) in [6.07, 6.45) is 5.97. The minimum atomic E-state index is 0.0355. The van der Waals surface area contributed by atoms with Crippen LogP contribution < -0.4 is 4.74 Å². The Balaban J connectivity index is 2.64. The number of aliphatic hydroxyl groups excluding tert-OH is 1. The summed E-state index contributed by atoms with van der Waals surface area (Å²) in [5.74, 6) is 1.37. The molecular formula is C26H40O2. The molecule has 0 saturated carbocycles. The lowest BCUT2D eigenvalue weighted by atomic mass is 9.62. The van der Waals surface area contributed by atoms with E-state index in [2.05, 4.69) is 71.9 Å². The van der Waals surface area contributed by atoms with Gasteiger partial charge in [0.1, 0.15) is 12.4 Å². The van der Waals surface area contributed by atoms with Gasteiger partial charge in [-0.25, -0.2) is 0 Å². The highest BCUT2D eigenvalue weighted by atomic mass is 16.5. The van der Waals surface area contributed by atoms with Crippen molar-refractivity contribution in [2.24, 2.45) is 10.8 Å². The second kappa shape index (κ2) is 9.78. The zero-order valence-electron chi connectivity index (χ0n) is 18.8. The Hall–Kier alpha value is -1.54. The molecule has 1 unspecified atom stereocenters. The monoisotopic (exact) mass is 384 g/mol. The van der Waals surface area contributed by atoms with E-state index in [1.165, 1.54) is 43.1 Å². The molecule has 0 fully saturated rings. The zero-order chi connectivity index (χ0) is 20.8. The standard InChI is InChI=1S/C26H40O2/c1-7-25(5,8-2)19-23(26(6,9-3)10-4)21-14-11-15-22-20(21)13-12-16-24(22)28-18-17-27/h11-16,23,27H,7-10,17-19H2,1-6H3. The summed E-state index contributed by atoms with van der Waals surface area (Å²) in [5.41, 5.74) is 2.07. The Kier molecular flexibility index (Phi) is 7.95. The third kappa shape index (κ3) is 4.71. The number of ether oxygens (including phenoxy) is 1. The Bertz CT molecular complexity index is 741. The van der Waals surface area contributed by atoms with Gasteiger partial charge in [0.15, 0.2) is 0 Å². The molecule has 0 amide bonds. The van der Waals surface area contributed by atoms with Gasteiger partial charge in [-0.2, -0.15) is 0 Å². The Morgan fingerprint density at radius 3 is 2.04 bits per heavy atom. The van der Waals surface area contributed by atoms with Crippen LogP contribution in [0.1, 0.15) is 85.1 Å². The molecule has 0 aliphatic carbocycles. The van der Waals surface area contributed by atoms with Crippen LogP contribution in [0.2, 0.25) is 0 Å². The van der Waals surface area contributed by atoms with Gasteiger partial charge >= 0.3 is 0 Å². The molecule has 0 bridgehead atoms. The lowest BCUT2D eigenvalue weighted by Crippen LogP contribution is -2.30. The average molecular weight is 385 g/mol. The molecule has 0 aliphatic rings. The van der Waals surface area contributed by atoms with Gasteiger partial charge in [0.25, 0.3) is 0 Å². The van der Waals surface area contributed by atoms with Gasteiger partial charge in [0.05, 0.1) is 6.61 Å². The first-order chi connectivity index (χ1) is 13.4. The molecule has 2 aromatic rings. The highest BCUT2D eigenvalue weighted by Crippen LogP contribution is 2.51. The fourth-order valence-electron chi connectivity index (χ4n) is 4.40. The van der Waals surface area contributed by atoms with Crippen LogP contribution in [0.3, 0.4) is 0 Å². The van der Waals surface area contributed by atoms with E-state index in [0.717, 1.165) is 11.1 Å². The largest absolute Gasteiger partial charge is 0.491 e. The smallest absolute Gasteiger partial charge is 0.127 e. The van der Waals surface area contributed by atoms with E-state index in [-0.39, 0.29) is 12.0 Å². The fraction of sp³-hybridized carbons (Fsp3) is 0.615. The molecule has 2 aromatic carbocycles. The normalized spacial score (nSPS) is 13.7. The molecular weight excluding hydrogens is 344 g/mol. The van der Waals surface area contributed by atoms with E-state index in [1.807, 2.05) is 6.07 Å². The van der Waals surface area contributed by atoms with E-state index in [9.17, 15) is 0 Å². The summed E-state index contributed by atoms with van der Waals surface area (Å²) in [4.78, 5) is 0. The SMILES string of the molecule is CCC(C)(CC)CC(c1cccc2c(OCCO)cccc12)C(C)(CC)CC. The first-order valence-electron chi connectivity index (χ1n) is 11.1. The average Bonchev–Trinajstić information content (AvgIpc) is 2.75. The summed E-state index contributed by atoms with van der Waals surface area (Å²) < 4.78 is 5.83. The van der Waals surface area contributed by atoms with Crippen LogP contribution in [0.15, 0.2) is 36.4 Å². The van der Waals surface area contributed by atoms with E-state index in [0.29, 0.717) is 17.9 Å². The van der Waals surface area contributed by atoms with Crippen molar-refractivity contribution >= 4 is 10.8 Å². The van der Waals surface area contributed by atoms with E-state index >= 15 is 0 Å². The van der Waals surface area contributed by atoms with E-state index in [4.69, 9.17) is 9.84 Å². The topological polar surface area (TPSA) is 29.5 Å². The van der Waals surface area contributed by atoms with Crippen LogP contribution in [0, 0.1) is 10.8 Å². The first-order valence-corrected chi connectivity index (χ1v) is 11.1. The Labute approximate surface area is 172 Å². The van der Waals surface area contributed by atoms with Crippen LogP contribution in [0.25, 0.3) is 10.8 Å². The van der Waals surface area contributed by atoms with Crippen molar-refractivity contribution in [3.05, 3.63) is 42.0 Å². The lowest BCUT2D eigenvalue weighted by molar-refractivity contribution is 0.150. The highest BCUT2D eigenvalue weighted by Gasteiger charge is 2.37. The number of rotatable bonds is 11. The molecule has 2 nitrogen and oxygen atoms in total. The number of fused-ring (bicyclic) bond motifs is 1. The molecule has 2 heteroatoms. The summed E-state index contributed by atoms with van der Waals surface area (Å²) >= 11 is 0. The zero-order valence-corrected chi connectivity index (χ0v) is 18.8. The van der Waals surface area contributed by atoms with Crippen molar-refractivity contribution in [2.45, 2.75) is 79.6 Å². The molecule has 0 aliphatic heterocycles. The fourth-order valence-corrected chi connectivity index (χ4v) is 4.40. The maximum atomic E-state index is 9.17. The second-order valence-corrected chi connectivity index (χ2v) is 8.91. The predicted molar refractivity (Wildman–Crippen MR) is 121 cm³/mol. The number of aliphatic hydroxyl groups is 1. The summed E-state index contributed by atoms with van der Waals surface area (Å²) in [6.45, 7) is 14.6. The predicted octanol–water partition coefficient (Wildman–Crippen LogP) is 7.34. The third-order valence-corrected chi connectivity index (χ3v) is 7.50. The molecule has 0 saturated heterocycles. The maximum absolute atomic E-state index is 9.17. The van der Waals surface area contributed by atoms with Gasteiger partial charge in [-0.3, -0.25) is 0 Å². The van der Waals surface area contributed by atoms with Crippen LogP contribution in [0.5, 0.6) is 5.75 Å². The highest BCUT2D eigenvalue weighted by molar-refractivity contribution is 5.91. The quantitative estimate of drug-likeness (QED) is 0.439. The molecule has 0 aromatic heterocycles. The molecule has 156 valence electrons. The summed E-state index contributed by atoms with van der Waals surface area (Å²) in [6, 6.07) is 13.0. The van der Waals surface area contributed by atoms with Crippen LogP contribution in [-0.4, -0.2) is 18.3 Å². The Morgan fingerprint density at radius 2 is 1.46 bits per heavy atom. The number of hydrogen-bond acceptors (Lipinski definition) is 2. The molecule has 0 heterocycles. The van der Waals surface area contributed by atoms with Gasteiger partial charge in [0.2, 0.25) is 0 Å². The van der Waals surface area contributed by atoms with Crippen molar-refractivity contribution in [3.63, 3.8) is 0 Å². The van der Waals surface area contributed by atoms with Crippen molar-refractivity contribution < 1.29 is 9.84 Å². The number of benzene rings is 2. The molecule has 2 rings (SSSR count). The molecule has 0 spiro atoms. The van der Waals surface area contributed by atoms with Gasteiger partial charge in [0, 0.05) is 5.39 Å². The molecule has 1 N–H and O–H groups in total. The summed E-state index contributed by atoms with van der Waals surface area (Å²) in [5, 5.41) is 11.6. The van der Waals surface area contributed by atoms with Crippen molar-refractivity contribution in [3.8, 4) is 5.75 Å². The van der Waals surface area contributed by atoms with Crippen molar-refractivity contribution in [1.82, 2.24) is 0 Å². The maximum Gasteiger partial charge on any atom is 0.127 e. The Morgan fingerprint density at radius 1 is 0.857 bits per heavy atom. The van der Waals surface area contributed by atoms with Gasteiger partial charge in [-0.15, -0.1) is 0 Å². The third-order valence-electron chi connectivity index (χ3n) is 7.50. The van der Waals surface area contributed by atoms with E-state index in [1.54, 1.807) is 0 Å². The van der Waals surface area contributed by atoms with Gasteiger partial charge in [-0.1, -0.05) is 97.6 Å². The molecule has 0 radical (unpaired) electrons. The lowest BCUT2D eigenvalue weighted by Gasteiger charge is -2.42. The minimum Gasteiger partial charge on any atom is -0.491 e. The van der Waals surface area contributed by atoms with Crippen LogP contribution in [-0.2, 0) is 0 Å². The van der Waals surface area contributed by atoms with Gasteiger partial charge in [-0.05, 0) is 40.2 Å². The van der Waals surface area contributed by atoms with Crippen molar-refractivity contribution in [2.75, 3.05) is 13.2 Å². The van der Waals surface area contributed by atoms with Crippen LogP contribution >= 0.6 is 0 Å². The number of hydrogen-bond donors (Lipinski definition) is 1. The van der Waals surface area contributed by atoms with Crippen LogP contribution in [0.4, 0.5) is 0 Å². The minimum absolute atomic E-state index is 0.0355. The molecule has 1 atom stereocenters. The van der Waals surface area contributed by atoms with E-state index < -0.39 is 0 Å². The first kappa shape index (κ1) is 22.7. The summed E-state index contributed by atoms with van der Waals surface area (Å²) in [7, 11) is 0. The van der Waals surface area contributed by atoms with Crippen molar-refractivity contribution in [1.29, 1.82) is 0 Å². The van der Waals surface area contributed by atoms with Gasteiger partial charge < -0.3 is 9.84 Å².